The summed E-state index contributed by atoms with van der Waals surface area (Å²) >= 11 is 0. The molecule has 1 fully saturated rings. The van der Waals surface area contributed by atoms with Crippen LogP contribution in [0.4, 0.5) is 0 Å². The van der Waals surface area contributed by atoms with Crippen LogP contribution in [0.1, 0.15) is 88.5 Å². The summed E-state index contributed by atoms with van der Waals surface area (Å²) in [5.74, 6) is 7.08. The fraction of sp³-hybridized carbons (Fsp3) is 0.510. The molecule has 0 aromatic heterocycles. The number of amidine groups is 1. The van der Waals surface area contributed by atoms with E-state index in [-0.39, 0.29) is 24.5 Å². The molecule has 0 amide bonds. The number of ether oxygens (including phenoxy) is 2. The molecule has 0 saturated carbocycles. The third-order valence-corrected chi connectivity index (χ3v) is 15.3. The van der Waals surface area contributed by atoms with E-state index in [4.69, 9.17) is 14.5 Å². The van der Waals surface area contributed by atoms with E-state index in [0.29, 0.717) is 59.4 Å². The Balaban J connectivity index is 0.754. The zero-order valence-corrected chi connectivity index (χ0v) is 32.8. The molecule has 11 rings (SSSR count). The van der Waals surface area contributed by atoms with Gasteiger partial charge in [-0.05, 0) is 136 Å². The minimum Gasteiger partial charge on any atom is -0.485 e. The summed E-state index contributed by atoms with van der Waals surface area (Å²) in [6.07, 6.45) is 52.0. The number of para-hydroxylation sites is 1. The van der Waals surface area contributed by atoms with Crippen molar-refractivity contribution in [1.29, 1.82) is 0 Å². The van der Waals surface area contributed by atoms with Crippen molar-refractivity contribution in [2.24, 2.45) is 52.3 Å². The molecule has 2 N–H and O–H groups in total. The van der Waals surface area contributed by atoms with E-state index in [9.17, 15) is 0 Å². The first-order chi connectivity index (χ1) is 27.7. The fourth-order valence-electron chi connectivity index (χ4n) is 12.1. The Bertz CT molecular complexity index is 1990. The zero-order chi connectivity index (χ0) is 37.0. The lowest BCUT2D eigenvalue weighted by molar-refractivity contribution is 0.0822. The second kappa shape index (κ2) is 15.1. The van der Waals surface area contributed by atoms with E-state index in [1.807, 2.05) is 0 Å². The van der Waals surface area contributed by atoms with E-state index in [1.165, 1.54) is 73.1 Å². The number of hydrogen-bond acceptors (Lipinski definition) is 5. The molecule has 7 aliphatic carbocycles. The van der Waals surface area contributed by atoms with Crippen molar-refractivity contribution in [3.05, 3.63) is 138 Å². The SMILES string of the molecule is C1=CC2OC3C=CC(C4C=CC(C5C=CC(C6NC(C7CC=CC(C8C=CC9Oc%10ccccc%10C9C8)C7)=NC(C7=CCCCC7)N6)=CC5)CC4)=CC3C2CC1. The summed E-state index contributed by atoms with van der Waals surface area (Å²) in [5.41, 5.74) is 5.77. The predicted octanol–water partition coefficient (Wildman–Crippen LogP) is 10.4. The highest BCUT2D eigenvalue weighted by atomic mass is 16.5. The van der Waals surface area contributed by atoms with E-state index in [1.54, 1.807) is 0 Å². The number of hydrogen-bond donors (Lipinski definition) is 2. The largest absolute Gasteiger partial charge is 0.485 e. The molecule has 5 nitrogen and oxygen atoms in total. The molecule has 0 radical (unpaired) electrons. The monoisotopic (exact) mass is 745 g/mol. The molecule has 14 unspecified atom stereocenters. The number of allylic oxidation sites excluding steroid dienone is 11. The zero-order valence-electron chi connectivity index (χ0n) is 32.8. The number of benzene rings is 1. The van der Waals surface area contributed by atoms with Crippen LogP contribution in [0.25, 0.3) is 0 Å². The average molecular weight is 746 g/mol. The van der Waals surface area contributed by atoms with Gasteiger partial charge in [-0.3, -0.25) is 5.32 Å². The van der Waals surface area contributed by atoms with E-state index in [2.05, 4.69) is 126 Å². The first-order valence-electron chi connectivity index (χ1n) is 22.4. The quantitative estimate of drug-likeness (QED) is 0.285. The van der Waals surface area contributed by atoms with Crippen molar-refractivity contribution in [3.63, 3.8) is 0 Å². The molecule has 0 spiro atoms. The maximum atomic E-state index is 6.40. The van der Waals surface area contributed by atoms with Crippen molar-refractivity contribution in [2.75, 3.05) is 0 Å². The number of rotatable bonds is 6. The van der Waals surface area contributed by atoms with Gasteiger partial charge in [-0.2, -0.15) is 0 Å². The van der Waals surface area contributed by atoms with Gasteiger partial charge in [0.15, 0.2) is 0 Å². The van der Waals surface area contributed by atoms with Gasteiger partial charge < -0.3 is 14.8 Å². The normalized spacial score (nSPS) is 41.9. The topological polar surface area (TPSA) is 54.9 Å². The lowest BCUT2D eigenvalue weighted by Gasteiger charge is -2.39. The third-order valence-electron chi connectivity index (χ3n) is 15.3. The van der Waals surface area contributed by atoms with E-state index >= 15 is 0 Å². The number of nitrogens with one attached hydrogen (secondary N) is 2. The Morgan fingerprint density at radius 2 is 1.62 bits per heavy atom. The van der Waals surface area contributed by atoms with Gasteiger partial charge in [0.25, 0.3) is 0 Å². The molecule has 0 bridgehead atoms. The highest BCUT2D eigenvalue weighted by molar-refractivity contribution is 5.86. The van der Waals surface area contributed by atoms with E-state index in [0.717, 1.165) is 37.9 Å². The minimum atomic E-state index is 0.0586. The van der Waals surface area contributed by atoms with Crippen LogP contribution < -0.4 is 15.4 Å². The van der Waals surface area contributed by atoms with Gasteiger partial charge in [-0.15, -0.1) is 0 Å². The summed E-state index contributed by atoms with van der Waals surface area (Å²) in [7, 11) is 0. The average Bonchev–Trinajstić information content (AvgIpc) is 3.84. The molecule has 1 aromatic carbocycles. The van der Waals surface area contributed by atoms with Crippen molar-refractivity contribution >= 4 is 5.84 Å². The van der Waals surface area contributed by atoms with Crippen LogP contribution >= 0.6 is 0 Å². The lowest BCUT2D eigenvalue weighted by atomic mass is 9.71. The lowest BCUT2D eigenvalue weighted by Crippen LogP contribution is -2.57. The van der Waals surface area contributed by atoms with Gasteiger partial charge in [0.1, 0.15) is 30.0 Å². The van der Waals surface area contributed by atoms with Crippen LogP contribution in [-0.2, 0) is 4.74 Å². The molecule has 56 heavy (non-hydrogen) atoms. The molecule has 5 heteroatoms. The smallest absolute Gasteiger partial charge is 0.125 e. The van der Waals surface area contributed by atoms with Crippen LogP contribution in [0.3, 0.4) is 0 Å². The van der Waals surface area contributed by atoms with Gasteiger partial charge in [-0.25, -0.2) is 4.99 Å². The van der Waals surface area contributed by atoms with Gasteiger partial charge in [0, 0.05) is 29.2 Å². The molecule has 10 aliphatic rings. The van der Waals surface area contributed by atoms with E-state index < -0.39 is 0 Å². The van der Waals surface area contributed by atoms with Crippen LogP contribution in [0.2, 0.25) is 0 Å². The Labute approximate surface area is 334 Å². The number of fused-ring (bicyclic) bond motifs is 6. The van der Waals surface area contributed by atoms with Crippen molar-refractivity contribution < 1.29 is 9.47 Å². The number of aliphatic imine (C=N–C) groups is 1. The van der Waals surface area contributed by atoms with Gasteiger partial charge in [-0.1, -0.05) is 103 Å². The van der Waals surface area contributed by atoms with Crippen LogP contribution in [0.15, 0.2) is 137 Å². The summed E-state index contributed by atoms with van der Waals surface area (Å²) in [6.45, 7) is 0. The van der Waals surface area contributed by atoms with Crippen molar-refractivity contribution in [3.8, 4) is 5.75 Å². The van der Waals surface area contributed by atoms with Crippen LogP contribution in [-0.4, -0.2) is 36.5 Å². The summed E-state index contributed by atoms with van der Waals surface area (Å²) in [4.78, 5) is 5.48. The second-order valence-electron chi connectivity index (χ2n) is 18.5. The van der Waals surface area contributed by atoms with Gasteiger partial charge >= 0.3 is 0 Å². The molecular formula is C51H59N3O2. The van der Waals surface area contributed by atoms with Crippen LogP contribution in [0, 0.1) is 47.3 Å². The molecule has 3 heterocycles. The van der Waals surface area contributed by atoms with Crippen molar-refractivity contribution in [1.82, 2.24) is 10.6 Å². The van der Waals surface area contributed by atoms with Crippen LogP contribution in [0.5, 0.6) is 5.75 Å². The minimum absolute atomic E-state index is 0.0586. The summed E-state index contributed by atoms with van der Waals surface area (Å²) in [6, 6.07) is 8.67. The molecule has 290 valence electrons. The Hall–Kier alpha value is -3.93. The predicted molar refractivity (Wildman–Crippen MR) is 226 cm³/mol. The Morgan fingerprint density at radius 1 is 0.696 bits per heavy atom. The first-order valence-corrected chi connectivity index (χ1v) is 22.4. The van der Waals surface area contributed by atoms with Gasteiger partial charge in [0.2, 0.25) is 0 Å². The molecule has 1 saturated heterocycles. The second-order valence-corrected chi connectivity index (χ2v) is 18.5. The summed E-state index contributed by atoms with van der Waals surface area (Å²) in [5, 5.41) is 7.96. The summed E-state index contributed by atoms with van der Waals surface area (Å²) < 4.78 is 12.7. The molecule has 14 atom stereocenters. The molecular weight excluding hydrogens is 687 g/mol. The molecule has 3 aliphatic heterocycles. The number of nitrogens with zero attached hydrogens (tertiary/aromatic N) is 1. The fourth-order valence-corrected chi connectivity index (χ4v) is 12.1. The van der Waals surface area contributed by atoms with Gasteiger partial charge in [0.05, 0.1) is 12.2 Å². The highest BCUT2D eigenvalue weighted by Gasteiger charge is 2.44. The standard InChI is InChI=1S/C51H59N3O2/c1-2-9-35(10-3-1)49-52-50(54-51(53-49)40-12-8-11-37(29-40)39-26-28-48-44(31-39)42-14-5-7-16-46(42)56-48)36-23-21-33(22-24-36)32-17-19-34(20-18-32)38-25-27-47-43(30-38)41-13-4-6-15-45(41)55-47/h5-9,11,14-17,19,21,23-28,30,32-34,37,39-41,43-45,47-50,52H,1-4,10,12-13,18,20,22,29,31H2,(H,53,54). The first kappa shape index (κ1) is 35.2. The maximum Gasteiger partial charge on any atom is 0.125 e. The third kappa shape index (κ3) is 6.71. The van der Waals surface area contributed by atoms with Crippen molar-refractivity contribution in [2.45, 2.75) is 114 Å². The maximum absolute atomic E-state index is 6.40. The Kier molecular flexibility index (Phi) is 9.51. The highest BCUT2D eigenvalue weighted by Crippen LogP contribution is 2.48. The molecule has 1 aromatic rings. The Morgan fingerprint density at radius 3 is 2.52 bits per heavy atom.